The van der Waals surface area contributed by atoms with Crippen LogP contribution in [0.15, 0.2) is 47.8 Å². The maximum atomic E-state index is 12.5. The summed E-state index contributed by atoms with van der Waals surface area (Å²) in [5.74, 6) is 2.25. The van der Waals surface area contributed by atoms with Crippen molar-refractivity contribution in [3.05, 3.63) is 53.4 Å². The molecule has 0 aliphatic heterocycles. The largest absolute Gasteiger partial charge is 0.497 e. The Kier molecular flexibility index (Phi) is 6.55. The predicted molar refractivity (Wildman–Crippen MR) is 124 cm³/mol. The summed E-state index contributed by atoms with van der Waals surface area (Å²) in [6.07, 6.45) is 0.860. The summed E-state index contributed by atoms with van der Waals surface area (Å²) in [6, 6.07) is 13.4. The minimum absolute atomic E-state index is 0.154. The van der Waals surface area contributed by atoms with E-state index in [2.05, 4.69) is 15.4 Å². The fourth-order valence-electron chi connectivity index (χ4n) is 3.30. The number of hydrogen-bond acceptors (Lipinski definition) is 7. The van der Waals surface area contributed by atoms with E-state index in [4.69, 9.17) is 14.2 Å². The van der Waals surface area contributed by atoms with Crippen LogP contribution in [0.25, 0.3) is 16.2 Å². The zero-order valence-corrected chi connectivity index (χ0v) is 18.9. The minimum Gasteiger partial charge on any atom is -0.497 e. The second kappa shape index (κ2) is 9.69. The second-order valence-electron chi connectivity index (χ2n) is 6.95. The van der Waals surface area contributed by atoms with Crippen LogP contribution < -0.4 is 19.5 Å². The van der Waals surface area contributed by atoms with Crippen molar-refractivity contribution in [2.45, 2.75) is 19.8 Å². The Balaban J connectivity index is 1.42. The molecule has 0 atom stereocenters. The number of aromatic nitrogens is 3. The van der Waals surface area contributed by atoms with Gasteiger partial charge in [0.25, 0.3) is 0 Å². The first-order valence-electron chi connectivity index (χ1n) is 10.2. The van der Waals surface area contributed by atoms with Gasteiger partial charge in [0.15, 0.2) is 11.5 Å². The number of nitrogens with one attached hydrogen (secondary N) is 1. The van der Waals surface area contributed by atoms with Crippen molar-refractivity contribution in [3.8, 4) is 28.5 Å². The van der Waals surface area contributed by atoms with Gasteiger partial charge in [-0.2, -0.15) is 4.98 Å². The number of aryl methyl sites for hydroxylation is 1. The summed E-state index contributed by atoms with van der Waals surface area (Å²) in [5, 5.41) is 9.24. The molecule has 0 spiro atoms. The number of thiazole rings is 1. The molecule has 2 heterocycles. The van der Waals surface area contributed by atoms with Crippen molar-refractivity contribution in [1.82, 2.24) is 14.6 Å². The van der Waals surface area contributed by atoms with Gasteiger partial charge in [-0.1, -0.05) is 18.2 Å². The van der Waals surface area contributed by atoms with Gasteiger partial charge in [-0.05, 0) is 43.2 Å². The number of nitrogens with zero attached hydrogens (tertiary/aromatic N) is 3. The molecule has 0 saturated heterocycles. The fourth-order valence-corrected chi connectivity index (χ4v) is 4.13. The van der Waals surface area contributed by atoms with E-state index in [0.29, 0.717) is 35.9 Å². The molecule has 8 nitrogen and oxygen atoms in total. The third-order valence-corrected chi connectivity index (χ3v) is 5.68. The Hall–Kier alpha value is -3.59. The summed E-state index contributed by atoms with van der Waals surface area (Å²) in [6.45, 7) is 2.48. The molecule has 0 bridgehead atoms. The number of rotatable bonds is 9. The highest BCUT2D eigenvalue weighted by Crippen LogP contribution is 2.29. The number of methoxy groups -OCH3 is 2. The van der Waals surface area contributed by atoms with E-state index in [9.17, 15) is 4.79 Å². The van der Waals surface area contributed by atoms with Gasteiger partial charge < -0.3 is 14.2 Å². The molecule has 0 fully saturated rings. The topological polar surface area (TPSA) is 87.0 Å². The molecule has 166 valence electrons. The van der Waals surface area contributed by atoms with E-state index in [0.717, 1.165) is 22.6 Å². The zero-order valence-electron chi connectivity index (χ0n) is 18.1. The first-order valence-corrected chi connectivity index (χ1v) is 11.1. The number of anilines is 1. The van der Waals surface area contributed by atoms with Crippen LogP contribution in [-0.2, 0) is 11.2 Å². The van der Waals surface area contributed by atoms with Crippen molar-refractivity contribution < 1.29 is 19.0 Å². The van der Waals surface area contributed by atoms with Gasteiger partial charge >= 0.3 is 0 Å². The van der Waals surface area contributed by atoms with Gasteiger partial charge in [0.2, 0.25) is 16.8 Å². The van der Waals surface area contributed by atoms with Crippen LogP contribution in [-0.4, -0.2) is 41.3 Å². The SMILES string of the molecule is CCOc1ccc(CCC(=O)Nc2nc3scc(-c4cccc(OC)c4)n3n2)cc1OC. The Bertz CT molecular complexity index is 1230. The molecule has 0 saturated carbocycles. The van der Waals surface area contributed by atoms with E-state index < -0.39 is 0 Å². The first kappa shape index (κ1) is 21.6. The Morgan fingerprint density at radius 2 is 2.00 bits per heavy atom. The third-order valence-electron chi connectivity index (χ3n) is 4.87. The number of amides is 1. The van der Waals surface area contributed by atoms with Crippen molar-refractivity contribution in [3.63, 3.8) is 0 Å². The molecule has 0 aliphatic carbocycles. The molecule has 2 aromatic carbocycles. The van der Waals surface area contributed by atoms with Gasteiger partial charge in [0.1, 0.15) is 5.75 Å². The zero-order chi connectivity index (χ0) is 22.5. The first-order chi connectivity index (χ1) is 15.6. The lowest BCUT2D eigenvalue weighted by Crippen LogP contribution is -2.13. The molecule has 0 radical (unpaired) electrons. The number of carbonyl (C=O) groups is 1. The molecule has 4 aromatic rings. The number of carbonyl (C=O) groups excluding carboxylic acids is 1. The van der Waals surface area contributed by atoms with Crippen LogP contribution in [0, 0.1) is 0 Å². The van der Waals surface area contributed by atoms with Crippen molar-refractivity contribution in [2.24, 2.45) is 0 Å². The van der Waals surface area contributed by atoms with E-state index in [1.807, 2.05) is 54.8 Å². The van der Waals surface area contributed by atoms with Gasteiger partial charge in [-0.3, -0.25) is 10.1 Å². The number of hydrogen-bond donors (Lipinski definition) is 1. The summed E-state index contributed by atoms with van der Waals surface area (Å²) in [7, 11) is 3.24. The maximum absolute atomic E-state index is 12.5. The average molecular weight is 453 g/mol. The molecule has 0 aliphatic rings. The van der Waals surface area contributed by atoms with E-state index >= 15 is 0 Å². The summed E-state index contributed by atoms with van der Waals surface area (Å²) in [5.41, 5.74) is 2.83. The van der Waals surface area contributed by atoms with Gasteiger partial charge in [0.05, 0.1) is 26.5 Å². The van der Waals surface area contributed by atoms with Crippen molar-refractivity contribution >= 4 is 28.2 Å². The Labute approximate surface area is 189 Å². The minimum atomic E-state index is -0.154. The molecular formula is C23H24N4O4S. The summed E-state index contributed by atoms with van der Waals surface area (Å²) in [4.78, 5) is 17.6. The molecule has 9 heteroatoms. The van der Waals surface area contributed by atoms with Crippen LogP contribution in [0.1, 0.15) is 18.9 Å². The van der Waals surface area contributed by atoms with Gasteiger partial charge in [-0.15, -0.1) is 16.4 Å². The highest BCUT2D eigenvalue weighted by Gasteiger charge is 2.14. The highest BCUT2D eigenvalue weighted by molar-refractivity contribution is 7.15. The van der Waals surface area contributed by atoms with Crippen molar-refractivity contribution in [1.29, 1.82) is 0 Å². The lowest BCUT2D eigenvalue weighted by molar-refractivity contribution is -0.116. The van der Waals surface area contributed by atoms with E-state index in [1.54, 1.807) is 18.7 Å². The molecule has 1 N–H and O–H groups in total. The average Bonchev–Trinajstić information content (AvgIpc) is 3.38. The van der Waals surface area contributed by atoms with Crippen LogP contribution in [0.2, 0.25) is 0 Å². The molecule has 4 rings (SSSR count). The molecule has 0 unspecified atom stereocenters. The highest BCUT2D eigenvalue weighted by atomic mass is 32.1. The van der Waals surface area contributed by atoms with Gasteiger partial charge in [0, 0.05) is 17.4 Å². The Morgan fingerprint density at radius 3 is 2.78 bits per heavy atom. The predicted octanol–water partition coefficient (Wildman–Crippen LogP) is 4.45. The lowest BCUT2D eigenvalue weighted by atomic mass is 10.1. The number of fused-ring (bicyclic) bond motifs is 1. The normalized spacial score (nSPS) is 10.8. The van der Waals surface area contributed by atoms with E-state index in [1.165, 1.54) is 11.3 Å². The maximum Gasteiger partial charge on any atom is 0.250 e. The second-order valence-corrected chi connectivity index (χ2v) is 7.79. The fraction of sp³-hybridized carbons (Fsp3) is 0.261. The van der Waals surface area contributed by atoms with Crippen molar-refractivity contribution in [2.75, 3.05) is 26.1 Å². The smallest absolute Gasteiger partial charge is 0.250 e. The lowest BCUT2D eigenvalue weighted by Gasteiger charge is -2.10. The van der Waals surface area contributed by atoms with E-state index in [-0.39, 0.29) is 11.9 Å². The number of benzene rings is 2. The summed E-state index contributed by atoms with van der Waals surface area (Å²) >= 11 is 1.46. The molecule has 1 amide bonds. The van der Waals surface area contributed by atoms with Gasteiger partial charge in [-0.25, -0.2) is 4.52 Å². The van der Waals surface area contributed by atoms with Crippen LogP contribution in [0.3, 0.4) is 0 Å². The monoisotopic (exact) mass is 452 g/mol. The molecule has 2 aromatic heterocycles. The van der Waals surface area contributed by atoms with Crippen LogP contribution >= 0.6 is 11.3 Å². The van der Waals surface area contributed by atoms with Crippen LogP contribution in [0.5, 0.6) is 17.2 Å². The standard InChI is InChI=1S/C23H24N4O4S/c1-4-31-19-10-8-15(12-20(19)30-3)9-11-21(28)24-22-25-23-27(26-22)18(14-32-23)16-6-5-7-17(13-16)29-2/h5-8,10,12-14H,4,9,11H2,1-3H3,(H,24,26,28). The molecule has 32 heavy (non-hydrogen) atoms. The molecular weight excluding hydrogens is 428 g/mol. The Morgan fingerprint density at radius 1 is 1.12 bits per heavy atom. The number of ether oxygens (including phenoxy) is 3. The summed E-state index contributed by atoms with van der Waals surface area (Å²) < 4.78 is 17.9. The third kappa shape index (κ3) is 4.67. The van der Waals surface area contributed by atoms with Crippen LogP contribution in [0.4, 0.5) is 5.95 Å². The quantitative estimate of drug-likeness (QED) is 0.404.